The maximum atomic E-state index is 12.1. The number of hydrogen-bond donors (Lipinski definition) is 2. The molecule has 4 nitrogen and oxygen atoms in total. The van der Waals surface area contributed by atoms with Gasteiger partial charge >= 0.3 is 0 Å². The zero-order valence-electron chi connectivity index (χ0n) is 14.2. The van der Waals surface area contributed by atoms with Gasteiger partial charge in [-0.1, -0.05) is 24.3 Å². The third-order valence-electron chi connectivity index (χ3n) is 3.95. The Morgan fingerprint density at radius 2 is 1.79 bits per heavy atom. The highest BCUT2D eigenvalue weighted by Crippen LogP contribution is 2.23. The number of rotatable bonds is 5. The largest absolute Gasteiger partial charge is 0.459 e. The average molecular weight is 322 g/mol. The van der Waals surface area contributed by atoms with Gasteiger partial charge in [0, 0.05) is 11.1 Å². The smallest absolute Gasteiger partial charge is 0.238 e. The number of carbonyl (C=O) groups excluding carboxylic acids is 1. The Kier molecular flexibility index (Phi) is 4.67. The van der Waals surface area contributed by atoms with Crippen molar-refractivity contribution in [3.05, 3.63) is 65.4 Å². The van der Waals surface area contributed by atoms with Gasteiger partial charge < -0.3 is 9.73 Å². The maximum absolute atomic E-state index is 12.1. The Bertz CT molecular complexity index is 814. The van der Waals surface area contributed by atoms with Crippen molar-refractivity contribution in [2.75, 3.05) is 11.9 Å². The van der Waals surface area contributed by atoms with Gasteiger partial charge in [0.2, 0.25) is 5.91 Å². The molecule has 0 spiro atoms. The lowest BCUT2D eigenvalue weighted by Gasteiger charge is -2.12. The van der Waals surface area contributed by atoms with Crippen LogP contribution in [0, 0.1) is 13.8 Å². The number of anilines is 1. The summed E-state index contributed by atoms with van der Waals surface area (Å²) < 4.78 is 5.82. The molecule has 24 heavy (non-hydrogen) atoms. The summed E-state index contributed by atoms with van der Waals surface area (Å²) in [4.78, 5) is 12.1. The molecule has 2 N–H and O–H groups in total. The third kappa shape index (κ3) is 3.84. The minimum absolute atomic E-state index is 0.0394. The summed E-state index contributed by atoms with van der Waals surface area (Å²) in [6.45, 7) is 6.25. The molecular weight excluding hydrogens is 300 g/mol. The number of fused-ring (bicyclic) bond motifs is 1. The zero-order valence-corrected chi connectivity index (χ0v) is 14.2. The first-order valence-electron chi connectivity index (χ1n) is 8.11. The highest BCUT2D eigenvalue weighted by atomic mass is 16.3. The molecule has 1 atom stereocenters. The third-order valence-corrected chi connectivity index (χ3v) is 3.95. The van der Waals surface area contributed by atoms with Crippen LogP contribution in [0.25, 0.3) is 11.0 Å². The highest BCUT2D eigenvalue weighted by molar-refractivity contribution is 5.92. The monoisotopic (exact) mass is 322 g/mol. The van der Waals surface area contributed by atoms with E-state index in [0.717, 1.165) is 33.5 Å². The van der Waals surface area contributed by atoms with Crippen molar-refractivity contribution in [2.24, 2.45) is 0 Å². The van der Waals surface area contributed by atoms with Gasteiger partial charge in [0.15, 0.2) is 0 Å². The van der Waals surface area contributed by atoms with Gasteiger partial charge in [-0.3, -0.25) is 10.1 Å². The summed E-state index contributed by atoms with van der Waals surface area (Å²) in [6, 6.07) is 15.9. The summed E-state index contributed by atoms with van der Waals surface area (Å²) in [7, 11) is 0. The fourth-order valence-electron chi connectivity index (χ4n) is 2.81. The Hall–Kier alpha value is -2.59. The first-order chi connectivity index (χ1) is 11.5. The van der Waals surface area contributed by atoms with E-state index in [-0.39, 0.29) is 18.5 Å². The number of hydrogen-bond acceptors (Lipinski definition) is 3. The lowest BCUT2D eigenvalue weighted by atomic mass is 10.1. The topological polar surface area (TPSA) is 54.3 Å². The van der Waals surface area contributed by atoms with Crippen molar-refractivity contribution < 1.29 is 9.21 Å². The minimum Gasteiger partial charge on any atom is -0.459 e. The van der Waals surface area contributed by atoms with Crippen LogP contribution in [0.4, 0.5) is 5.69 Å². The van der Waals surface area contributed by atoms with Crippen LogP contribution < -0.4 is 10.6 Å². The predicted molar refractivity (Wildman–Crippen MR) is 97.2 cm³/mol. The van der Waals surface area contributed by atoms with Gasteiger partial charge in [-0.2, -0.15) is 0 Å². The molecule has 0 bridgehead atoms. The number of aryl methyl sites for hydroxylation is 2. The van der Waals surface area contributed by atoms with Gasteiger partial charge in [-0.25, -0.2) is 0 Å². The molecule has 0 aliphatic rings. The molecule has 1 heterocycles. The van der Waals surface area contributed by atoms with Gasteiger partial charge in [0.05, 0.1) is 12.6 Å². The first kappa shape index (κ1) is 16.3. The van der Waals surface area contributed by atoms with Crippen molar-refractivity contribution in [3.8, 4) is 0 Å². The van der Waals surface area contributed by atoms with Crippen molar-refractivity contribution >= 4 is 22.6 Å². The summed E-state index contributed by atoms with van der Waals surface area (Å²) in [6.07, 6.45) is 0. The van der Waals surface area contributed by atoms with Gasteiger partial charge in [0.1, 0.15) is 11.3 Å². The molecule has 0 saturated heterocycles. The summed E-state index contributed by atoms with van der Waals surface area (Å²) in [5.74, 6) is 0.762. The number of nitrogens with one attached hydrogen (secondary N) is 2. The van der Waals surface area contributed by atoms with E-state index >= 15 is 0 Å². The van der Waals surface area contributed by atoms with Crippen LogP contribution in [0.3, 0.4) is 0 Å². The van der Waals surface area contributed by atoms with Crippen molar-refractivity contribution in [1.29, 1.82) is 0 Å². The quantitative estimate of drug-likeness (QED) is 0.735. The van der Waals surface area contributed by atoms with Gasteiger partial charge in [-0.05, 0) is 56.2 Å². The molecular formula is C20H22N2O2. The fraction of sp³-hybridized carbons (Fsp3) is 0.250. The fourth-order valence-corrected chi connectivity index (χ4v) is 2.81. The molecule has 1 amide bonds. The molecule has 0 fully saturated rings. The van der Waals surface area contributed by atoms with Crippen LogP contribution in [-0.4, -0.2) is 12.5 Å². The maximum Gasteiger partial charge on any atom is 0.238 e. The Morgan fingerprint density at radius 3 is 2.50 bits per heavy atom. The van der Waals surface area contributed by atoms with Crippen LogP contribution in [0.1, 0.15) is 29.9 Å². The van der Waals surface area contributed by atoms with Crippen LogP contribution in [0.2, 0.25) is 0 Å². The summed E-state index contributed by atoms with van der Waals surface area (Å²) in [5, 5.41) is 7.20. The molecule has 3 rings (SSSR count). The standard InChI is InChI=1S/C20H22N2O2/c1-13-8-14(2)10-17(9-13)22-20(23)12-21-15(3)19-11-16-6-4-5-7-18(16)24-19/h4-11,15,21H,12H2,1-3H3,(H,22,23). The molecule has 4 heteroatoms. The number of amides is 1. The molecule has 0 saturated carbocycles. The van der Waals surface area contributed by atoms with Crippen LogP contribution in [0.15, 0.2) is 52.9 Å². The van der Waals surface area contributed by atoms with E-state index < -0.39 is 0 Å². The number of carbonyl (C=O) groups is 1. The van der Waals surface area contributed by atoms with Gasteiger partial charge in [-0.15, -0.1) is 0 Å². The van der Waals surface area contributed by atoms with E-state index in [1.54, 1.807) is 0 Å². The molecule has 0 radical (unpaired) electrons. The Labute approximate surface area is 141 Å². The summed E-state index contributed by atoms with van der Waals surface area (Å²) >= 11 is 0. The molecule has 0 aliphatic heterocycles. The van der Waals surface area contributed by atoms with E-state index in [1.807, 2.05) is 63.2 Å². The number of para-hydroxylation sites is 1. The lowest BCUT2D eigenvalue weighted by molar-refractivity contribution is -0.115. The SMILES string of the molecule is Cc1cc(C)cc(NC(=O)CNC(C)c2cc3ccccc3o2)c1. The van der Waals surface area contributed by atoms with Crippen molar-refractivity contribution in [3.63, 3.8) is 0 Å². The molecule has 1 aromatic heterocycles. The van der Waals surface area contributed by atoms with Crippen LogP contribution >= 0.6 is 0 Å². The molecule has 2 aromatic carbocycles. The lowest BCUT2D eigenvalue weighted by Crippen LogP contribution is -2.30. The van der Waals surface area contributed by atoms with E-state index in [4.69, 9.17) is 4.42 Å². The second kappa shape index (κ2) is 6.89. The highest BCUT2D eigenvalue weighted by Gasteiger charge is 2.12. The molecule has 124 valence electrons. The zero-order chi connectivity index (χ0) is 17.1. The molecule has 0 aliphatic carbocycles. The van der Waals surface area contributed by atoms with Crippen LogP contribution in [-0.2, 0) is 4.79 Å². The average Bonchev–Trinajstić information content (AvgIpc) is 2.95. The van der Waals surface area contributed by atoms with E-state index in [1.165, 1.54) is 0 Å². The molecule has 1 unspecified atom stereocenters. The van der Waals surface area contributed by atoms with Gasteiger partial charge in [0.25, 0.3) is 0 Å². The normalized spacial score (nSPS) is 12.3. The second-order valence-corrected chi connectivity index (χ2v) is 6.21. The van der Waals surface area contributed by atoms with Crippen LogP contribution in [0.5, 0.6) is 0 Å². The van der Waals surface area contributed by atoms with E-state index in [9.17, 15) is 4.79 Å². The number of furan rings is 1. The van der Waals surface area contributed by atoms with Crippen molar-refractivity contribution in [1.82, 2.24) is 5.32 Å². The second-order valence-electron chi connectivity index (χ2n) is 6.21. The number of benzene rings is 2. The van der Waals surface area contributed by atoms with E-state index in [0.29, 0.717) is 0 Å². The summed E-state index contributed by atoms with van der Waals surface area (Å²) in [5.41, 5.74) is 3.96. The Balaban J connectivity index is 1.59. The minimum atomic E-state index is -0.0667. The molecule has 3 aromatic rings. The predicted octanol–water partition coefficient (Wildman–Crippen LogP) is 4.34. The Morgan fingerprint density at radius 1 is 1.08 bits per heavy atom. The first-order valence-corrected chi connectivity index (χ1v) is 8.11. The van der Waals surface area contributed by atoms with E-state index in [2.05, 4.69) is 16.7 Å². The van der Waals surface area contributed by atoms with Crippen molar-refractivity contribution in [2.45, 2.75) is 26.8 Å².